The zero-order valence-electron chi connectivity index (χ0n) is 17.7. The molecule has 0 aromatic heterocycles. The van der Waals surface area contributed by atoms with Gasteiger partial charge in [-0.25, -0.2) is 0 Å². The largest absolute Gasteiger partial charge is 2.00 e. The average molecular weight is 508 g/mol. The monoisotopic (exact) mass is 506 g/mol. The van der Waals surface area contributed by atoms with E-state index >= 15 is 0 Å². The summed E-state index contributed by atoms with van der Waals surface area (Å²) in [5.74, 6) is 1.73. The molecule has 4 aromatic carbocycles. The van der Waals surface area contributed by atoms with Crippen LogP contribution in [0.2, 0.25) is 5.02 Å². The van der Waals surface area contributed by atoms with Crippen molar-refractivity contribution >= 4 is 34.7 Å². The summed E-state index contributed by atoms with van der Waals surface area (Å²) in [5, 5.41) is 0.732. The standard InChI is InChI=1S/C13H12O.C7H7ClO.C6H5.BrH.Mg/c1-14-13-9-7-12(8-10-13)11-5-3-2-4-6-11;1-9-7-4-2-6(8)3-5-7;1-2-4-6-5-3-1;;/h2-10H,1H3;2-5H,1H3;1-5H;1H;/q;;-1;;+2/p-1. The van der Waals surface area contributed by atoms with Gasteiger partial charge in [0.25, 0.3) is 0 Å². The maximum absolute atomic E-state index is 5.61. The molecule has 0 radical (unpaired) electrons. The molecule has 31 heavy (non-hydrogen) atoms. The number of rotatable bonds is 3. The fourth-order valence-electron chi connectivity index (χ4n) is 2.33. The van der Waals surface area contributed by atoms with Crippen LogP contribution < -0.4 is 26.5 Å². The van der Waals surface area contributed by atoms with E-state index in [4.69, 9.17) is 21.1 Å². The van der Waals surface area contributed by atoms with Gasteiger partial charge in [-0.05, 0) is 47.5 Å². The minimum atomic E-state index is 0. The molecular weight excluding hydrogens is 484 g/mol. The van der Waals surface area contributed by atoms with Gasteiger partial charge in [-0.2, -0.15) is 36.4 Å². The van der Waals surface area contributed by atoms with Crippen molar-refractivity contribution in [3.05, 3.63) is 120 Å². The first-order chi connectivity index (χ1) is 14.2. The molecule has 0 bridgehead atoms. The second kappa shape index (κ2) is 17.7. The van der Waals surface area contributed by atoms with Crippen LogP contribution in [-0.2, 0) is 0 Å². The van der Waals surface area contributed by atoms with E-state index in [9.17, 15) is 0 Å². The Morgan fingerprint density at radius 1 is 0.581 bits per heavy atom. The van der Waals surface area contributed by atoms with Crippen LogP contribution in [-0.4, -0.2) is 37.3 Å². The Kier molecular flexibility index (Phi) is 16.5. The molecular formula is C26H24BrClMgO2. The Morgan fingerprint density at radius 3 is 1.39 bits per heavy atom. The van der Waals surface area contributed by atoms with Crippen LogP contribution in [0.25, 0.3) is 11.1 Å². The fraction of sp³-hybridized carbons (Fsp3) is 0.0769. The molecule has 0 saturated carbocycles. The number of hydrogen-bond donors (Lipinski definition) is 0. The Labute approximate surface area is 217 Å². The van der Waals surface area contributed by atoms with Gasteiger partial charge in [0.2, 0.25) is 0 Å². The van der Waals surface area contributed by atoms with E-state index in [-0.39, 0.29) is 40.0 Å². The molecule has 0 atom stereocenters. The maximum Gasteiger partial charge on any atom is 2.00 e. The van der Waals surface area contributed by atoms with E-state index in [2.05, 4.69) is 30.3 Å². The predicted octanol–water partition coefficient (Wildman–Crippen LogP) is 3.82. The Bertz CT molecular complexity index is 892. The van der Waals surface area contributed by atoms with Crippen molar-refractivity contribution < 1.29 is 26.5 Å². The summed E-state index contributed by atoms with van der Waals surface area (Å²) >= 11 is 5.61. The molecule has 4 rings (SSSR count). The van der Waals surface area contributed by atoms with Crippen molar-refractivity contribution in [1.29, 1.82) is 0 Å². The SMILES string of the molecule is COc1ccc(-c2ccccc2)cc1.COc1ccc(Cl)cc1.[Br-].[Mg+2].[c-]1ccccc1. The molecule has 0 saturated heterocycles. The van der Waals surface area contributed by atoms with Crippen molar-refractivity contribution in [2.24, 2.45) is 0 Å². The molecule has 5 heteroatoms. The van der Waals surface area contributed by atoms with E-state index in [0.717, 1.165) is 16.5 Å². The summed E-state index contributed by atoms with van der Waals surface area (Å²) in [7, 11) is 3.31. The van der Waals surface area contributed by atoms with Crippen molar-refractivity contribution in [3.63, 3.8) is 0 Å². The first-order valence-corrected chi connectivity index (χ1v) is 9.51. The zero-order chi connectivity index (χ0) is 20.7. The molecule has 0 aliphatic rings. The normalized spacial score (nSPS) is 8.61. The van der Waals surface area contributed by atoms with E-state index in [0.29, 0.717) is 0 Å². The van der Waals surface area contributed by atoms with Crippen LogP contribution in [0.3, 0.4) is 0 Å². The third-order valence-corrected chi connectivity index (χ3v) is 4.11. The third-order valence-electron chi connectivity index (χ3n) is 3.85. The number of benzene rings is 4. The van der Waals surface area contributed by atoms with Crippen molar-refractivity contribution in [2.45, 2.75) is 0 Å². The van der Waals surface area contributed by atoms with E-state index in [1.165, 1.54) is 11.1 Å². The van der Waals surface area contributed by atoms with Crippen LogP contribution in [0.5, 0.6) is 11.5 Å². The smallest absolute Gasteiger partial charge is 1.00 e. The molecule has 0 aliphatic heterocycles. The Balaban J connectivity index is 0.000000459. The summed E-state index contributed by atoms with van der Waals surface area (Å²) in [6.45, 7) is 0. The van der Waals surface area contributed by atoms with E-state index in [1.807, 2.05) is 72.8 Å². The van der Waals surface area contributed by atoms with Crippen LogP contribution >= 0.6 is 11.6 Å². The predicted molar refractivity (Wildman–Crippen MR) is 127 cm³/mol. The molecule has 0 fully saturated rings. The third kappa shape index (κ3) is 11.8. The first-order valence-electron chi connectivity index (χ1n) is 9.13. The van der Waals surface area contributed by atoms with Gasteiger partial charge in [0.15, 0.2) is 0 Å². The Hall–Kier alpha value is -1.98. The molecule has 0 amide bonds. The molecule has 0 N–H and O–H groups in total. The molecule has 156 valence electrons. The molecule has 0 aliphatic carbocycles. The first kappa shape index (κ1) is 29.0. The summed E-state index contributed by atoms with van der Waals surface area (Å²) in [6.07, 6.45) is 0. The zero-order valence-corrected chi connectivity index (χ0v) is 21.4. The molecule has 0 heterocycles. The van der Waals surface area contributed by atoms with Gasteiger partial charge in [0.1, 0.15) is 11.5 Å². The van der Waals surface area contributed by atoms with Crippen molar-refractivity contribution in [3.8, 4) is 22.6 Å². The quantitative estimate of drug-likeness (QED) is 0.310. The van der Waals surface area contributed by atoms with Gasteiger partial charge in [-0.15, -0.1) is 0 Å². The van der Waals surface area contributed by atoms with Gasteiger partial charge in [-0.3, -0.25) is 0 Å². The number of hydrogen-bond acceptors (Lipinski definition) is 2. The molecule has 0 spiro atoms. The number of ether oxygens (including phenoxy) is 2. The van der Waals surface area contributed by atoms with Crippen molar-refractivity contribution in [1.82, 2.24) is 0 Å². The van der Waals surface area contributed by atoms with Crippen LogP contribution in [0.15, 0.2) is 109 Å². The summed E-state index contributed by atoms with van der Waals surface area (Å²) < 4.78 is 10.0. The summed E-state index contributed by atoms with van der Waals surface area (Å²) in [6, 6.07) is 38.1. The minimum Gasteiger partial charge on any atom is -1.00 e. The second-order valence-corrected chi connectivity index (χ2v) is 6.27. The second-order valence-electron chi connectivity index (χ2n) is 5.83. The fourth-order valence-corrected chi connectivity index (χ4v) is 2.45. The van der Waals surface area contributed by atoms with Gasteiger partial charge in [-0.1, -0.05) is 54.1 Å². The number of halogens is 2. The van der Waals surface area contributed by atoms with E-state index < -0.39 is 0 Å². The van der Waals surface area contributed by atoms with E-state index in [1.54, 1.807) is 26.4 Å². The maximum atomic E-state index is 5.61. The minimum absolute atomic E-state index is 0. The van der Waals surface area contributed by atoms with Gasteiger partial charge in [0, 0.05) is 5.02 Å². The van der Waals surface area contributed by atoms with Gasteiger partial charge < -0.3 is 26.5 Å². The van der Waals surface area contributed by atoms with Crippen molar-refractivity contribution in [2.75, 3.05) is 14.2 Å². The summed E-state index contributed by atoms with van der Waals surface area (Å²) in [5.41, 5.74) is 2.45. The summed E-state index contributed by atoms with van der Waals surface area (Å²) in [4.78, 5) is 0. The number of methoxy groups -OCH3 is 2. The molecule has 2 nitrogen and oxygen atoms in total. The van der Waals surface area contributed by atoms with Gasteiger partial charge >= 0.3 is 23.1 Å². The molecule has 0 unspecified atom stereocenters. The Morgan fingerprint density at radius 2 is 1.00 bits per heavy atom. The van der Waals surface area contributed by atoms with Crippen LogP contribution in [0.1, 0.15) is 0 Å². The van der Waals surface area contributed by atoms with Gasteiger partial charge in [0.05, 0.1) is 14.2 Å². The van der Waals surface area contributed by atoms with Crippen LogP contribution in [0, 0.1) is 6.07 Å². The van der Waals surface area contributed by atoms with Crippen LogP contribution in [0.4, 0.5) is 0 Å². The topological polar surface area (TPSA) is 18.5 Å². The average Bonchev–Trinajstić information content (AvgIpc) is 2.82. The molecule has 4 aromatic rings.